The van der Waals surface area contributed by atoms with E-state index < -0.39 is 11.9 Å². The molecular formula is C52H50N16O7S4. The Bertz CT molecular complexity index is 3820. The number of carbonyl (C=O) groups excluding carboxylic acids is 1. The van der Waals surface area contributed by atoms with Crippen LogP contribution < -0.4 is 41.8 Å². The van der Waals surface area contributed by atoms with Gasteiger partial charge >= 0.3 is 5.97 Å². The minimum atomic E-state index is -1.21. The number of anilines is 4. The van der Waals surface area contributed by atoms with Gasteiger partial charge in [0, 0.05) is 68.8 Å². The number of H-pyrrole nitrogens is 2. The lowest BCUT2D eigenvalue weighted by Crippen LogP contribution is -2.23. The molecule has 23 nitrogen and oxygen atoms in total. The molecule has 10 rings (SSSR count). The monoisotopic (exact) mass is 1140 g/mol. The Balaban J connectivity index is 0.000000172. The van der Waals surface area contributed by atoms with Crippen LogP contribution in [0.25, 0.3) is 63.0 Å². The summed E-state index contributed by atoms with van der Waals surface area (Å²) in [5.74, 6) is -0.697. The average Bonchev–Trinajstić information content (AvgIpc) is 4.44. The molecule has 8 heterocycles. The Morgan fingerprint density at radius 2 is 1.09 bits per heavy atom. The topological polar surface area (TPSA) is 328 Å². The van der Waals surface area contributed by atoms with Gasteiger partial charge in [0.1, 0.15) is 24.2 Å². The SMILES string of the molecule is NCc1ccc(COc2nc(N)nc3nc[nH]c23)cc1.[C-]#[N+]/C(=C\c1cc2sc(N(C)CCO)cc2s1)C(=O)NCc1ccc(COc2nc(N)nc3nc[nH]c23)cc1.[C-]#[N+]/C(=C\c1cc2sc(N(C)CCO)cc2s1)C(=O)O. The standard InChI is InChI=1S/C26H24N8O3S2.C13H14N6O.C13H12N2O3S2/c1-28-18(9-17-10-19-20(38-17)11-21(39-19)34(2)7-8-35)24(36)29-12-15-3-5-16(6-4-15)13-37-25-22-23(31-14-30-22)32-26(27)33-25;14-5-8-1-3-9(4-2-8)6-20-12-10-11(17-7-16-10)18-13(15)19-12;1-14-9(13(17)18)5-8-6-10-11(19-8)7-12(20-10)15(2)3-4-16/h3-6,9-11,14,35H,7-8,12-13H2,2H3,(H,29,36)(H3,27,30,31,32,33);1-4,7H,5-6,14H2,(H3,15,16,17,18,19);5-7,16H,3-4H2,2H3,(H,17,18)/b18-9-;;9-5-. The van der Waals surface area contributed by atoms with Crippen molar-refractivity contribution in [3.8, 4) is 11.8 Å². The molecule has 8 aromatic heterocycles. The van der Waals surface area contributed by atoms with Gasteiger partial charge in [-0.05, 0) is 58.7 Å². The molecule has 0 aliphatic rings. The number of nitrogens with two attached hydrogens (primary N) is 3. The average molecular weight is 1140 g/mol. The molecule has 2 aromatic carbocycles. The minimum absolute atomic E-state index is 0.0285. The van der Waals surface area contributed by atoms with Crippen molar-refractivity contribution in [3.05, 3.63) is 152 Å². The van der Waals surface area contributed by atoms with Crippen molar-refractivity contribution in [2.24, 2.45) is 5.73 Å². The van der Waals surface area contributed by atoms with Crippen molar-refractivity contribution in [1.82, 2.24) is 45.2 Å². The molecule has 1 amide bonds. The molecule has 0 bridgehead atoms. The second-order valence-electron chi connectivity index (χ2n) is 16.9. The number of thiophene rings is 4. The highest BCUT2D eigenvalue weighted by Crippen LogP contribution is 2.39. The number of carbonyl (C=O) groups is 2. The second kappa shape index (κ2) is 26.3. The van der Waals surface area contributed by atoms with Gasteiger partial charge in [0.25, 0.3) is 17.3 Å². The number of rotatable bonds is 19. The third-order valence-corrected chi connectivity index (χ3v) is 16.0. The van der Waals surface area contributed by atoms with E-state index in [1.807, 2.05) is 90.6 Å². The Labute approximate surface area is 466 Å². The maximum absolute atomic E-state index is 12.7. The predicted molar refractivity (Wildman–Crippen MR) is 310 cm³/mol. The number of imidazole rings is 2. The van der Waals surface area contributed by atoms with Crippen LogP contribution in [0.1, 0.15) is 32.0 Å². The number of carboxylic acids is 1. The van der Waals surface area contributed by atoms with Gasteiger partial charge in [0.15, 0.2) is 11.3 Å². The molecule has 0 unspecified atom stereocenters. The van der Waals surface area contributed by atoms with Crippen LogP contribution in [-0.2, 0) is 35.9 Å². The Hall–Kier alpha value is -9.06. The number of nitrogen functional groups attached to an aromatic ring is 2. The molecule has 0 aliphatic carbocycles. The lowest BCUT2D eigenvalue weighted by atomic mass is 10.1. The van der Waals surface area contributed by atoms with Gasteiger partial charge in [-0.2, -0.15) is 19.9 Å². The highest BCUT2D eigenvalue weighted by molar-refractivity contribution is 7.30. The molecular weight excluding hydrogens is 1090 g/mol. The van der Waals surface area contributed by atoms with Crippen molar-refractivity contribution in [3.63, 3.8) is 0 Å². The molecule has 404 valence electrons. The molecule has 79 heavy (non-hydrogen) atoms. The summed E-state index contributed by atoms with van der Waals surface area (Å²) in [4.78, 5) is 65.7. The molecule has 12 N–H and O–H groups in total. The number of aromatic nitrogens is 8. The van der Waals surface area contributed by atoms with Crippen molar-refractivity contribution < 1.29 is 34.4 Å². The number of amides is 1. The fraction of sp³-hybridized carbons (Fsp3) is 0.192. The number of benzene rings is 2. The van der Waals surface area contributed by atoms with Crippen molar-refractivity contribution in [1.29, 1.82) is 0 Å². The number of likely N-dealkylation sites (N-methyl/N-ethyl adjacent to an activating group) is 2. The maximum Gasteiger partial charge on any atom is 0.333 e. The van der Waals surface area contributed by atoms with E-state index in [-0.39, 0.29) is 49.7 Å². The first kappa shape index (κ1) is 56.2. The number of hydrogen-bond acceptors (Lipinski definition) is 21. The third kappa shape index (κ3) is 14.5. The fourth-order valence-corrected chi connectivity index (χ4v) is 11.9. The van der Waals surface area contributed by atoms with E-state index in [1.54, 1.807) is 28.7 Å². The van der Waals surface area contributed by atoms with Crippen LogP contribution >= 0.6 is 45.3 Å². The van der Waals surface area contributed by atoms with Gasteiger partial charge in [-0.15, -0.1) is 45.3 Å². The molecule has 0 aliphatic heterocycles. The summed E-state index contributed by atoms with van der Waals surface area (Å²) in [7, 11) is 3.85. The summed E-state index contributed by atoms with van der Waals surface area (Å²) in [6, 6.07) is 23.4. The summed E-state index contributed by atoms with van der Waals surface area (Å²) >= 11 is 6.17. The minimum Gasteiger partial charge on any atom is -0.486 e. The first-order valence-corrected chi connectivity index (χ1v) is 27.0. The molecule has 27 heteroatoms. The summed E-state index contributed by atoms with van der Waals surface area (Å²) in [6.45, 7) is 17.1. The van der Waals surface area contributed by atoms with Crippen molar-refractivity contribution in [2.45, 2.75) is 26.3 Å². The maximum atomic E-state index is 12.7. The number of hydrogen-bond donors (Lipinski definition) is 9. The van der Waals surface area contributed by atoms with Gasteiger partial charge in [-0.25, -0.2) is 19.7 Å². The van der Waals surface area contributed by atoms with Gasteiger partial charge in [0.2, 0.25) is 23.7 Å². The van der Waals surface area contributed by atoms with E-state index in [2.05, 4.69) is 60.9 Å². The molecule has 0 radical (unpaired) electrons. The quantitative estimate of drug-likeness (QED) is 0.0279. The number of carboxylic acid groups (broad SMARTS) is 1. The normalized spacial score (nSPS) is 11.4. The van der Waals surface area contributed by atoms with Crippen LogP contribution in [0.2, 0.25) is 0 Å². The number of nitrogens with one attached hydrogen (secondary N) is 3. The second-order valence-corrected chi connectivity index (χ2v) is 21.2. The lowest BCUT2D eigenvalue weighted by molar-refractivity contribution is -0.132. The third-order valence-electron chi connectivity index (χ3n) is 11.3. The van der Waals surface area contributed by atoms with E-state index in [9.17, 15) is 9.59 Å². The molecule has 0 fully saturated rings. The predicted octanol–water partition coefficient (Wildman–Crippen LogP) is 7.50. The number of aliphatic hydroxyl groups excluding tert-OH is 2. The van der Waals surface area contributed by atoms with Crippen LogP contribution in [0.3, 0.4) is 0 Å². The zero-order valence-electron chi connectivity index (χ0n) is 42.2. The van der Waals surface area contributed by atoms with E-state index in [0.29, 0.717) is 60.3 Å². The number of ether oxygens (including phenoxy) is 2. The number of aromatic amines is 2. The highest BCUT2D eigenvalue weighted by Gasteiger charge is 2.16. The first-order chi connectivity index (χ1) is 38.2. The number of fused-ring (bicyclic) bond motifs is 4. The van der Waals surface area contributed by atoms with Gasteiger partial charge in [-0.3, -0.25) is 9.59 Å². The van der Waals surface area contributed by atoms with E-state index >= 15 is 0 Å². The van der Waals surface area contributed by atoms with Gasteiger partial charge < -0.3 is 67.1 Å². The zero-order chi connectivity index (χ0) is 56.0. The number of nitrogens with zero attached hydrogens (tertiary/aromatic N) is 10. The van der Waals surface area contributed by atoms with Crippen molar-refractivity contribution >= 4 is 132 Å². The molecule has 0 saturated heterocycles. The lowest BCUT2D eigenvalue weighted by Gasteiger charge is -2.14. The first-order valence-electron chi connectivity index (χ1n) is 23.7. The van der Waals surface area contributed by atoms with Crippen LogP contribution in [0.5, 0.6) is 11.8 Å². The summed E-state index contributed by atoms with van der Waals surface area (Å²) in [5, 5.41) is 31.8. The molecule has 0 atom stereocenters. The van der Waals surface area contributed by atoms with Crippen LogP contribution in [0.4, 0.5) is 21.9 Å². The van der Waals surface area contributed by atoms with Gasteiger partial charge in [-0.1, -0.05) is 48.5 Å². The largest absolute Gasteiger partial charge is 0.486 e. The molecule has 0 saturated carbocycles. The summed E-state index contributed by atoms with van der Waals surface area (Å²) in [6.07, 6.45) is 6.04. The summed E-state index contributed by atoms with van der Waals surface area (Å²) in [5.41, 5.74) is 22.7. The smallest absolute Gasteiger partial charge is 0.333 e. The van der Waals surface area contributed by atoms with Gasteiger partial charge in [0.05, 0.1) is 49.0 Å². The van der Waals surface area contributed by atoms with Crippen molar-refractivity contribution in [2.75, 3.05) is 61.7 Å². The Kier molecular flexibility index (Phi) is 18.7. The Morgan fingerprint density at radius 3 is 1.51 bits per heavy atom. The number of aliphatic hydroxyl groups is 2. The Morgan fingerprint density at radius 1 is 0.658 bits per heavy atom. The molecule has 10 aromatic rings. The van der Waals surface area contributed by atoms with E-state index in [0.717, 1.165) is 60.8 Å². The summed E-state index contributed by atoms with van der Waals surface area (Å²) < 4.78 is 15.8. The van der Waals surface area contributed by atoms with E-state index in [1.165, 1.54) is 41.4 Å². The van der Waals surface area contributed by atoms with E-state index in [4.69, 9.17) is 55.1 Å². The van der Waals surface area contributed by atoms with Crippen LogP contribution in [0, 0.1) is 13.1 Å². The molecule has 0 spiro atoms. The fourth-order valence-electron chi connectivity index (χ4n) is 7.24. The van der Waals surface area contributed by atoms with Crippen LogP contribution in [-0.4, -0.2) is 107 Å². The zero-order valence-corrected chi connectivity index (χ0v) is 45.5. The number of aliphatic carboxylic acids is 1. The van der Waals surface area contributed by atoms with Crippen LogP contribution in [0.15, 0.2) is 96.8 Å². The highest BCUT2D eigenvalue weighted by atomic mass is 32.1.